The number of amides is 2. The molecule has 0 unspecified atom stereocenters. The van der Waals surface area contributed by atoms with Crippen LogP contribution in [-0.4, -0.2) is 18.4 Å². The largest absolute Gasteiger partial charge is 0.482 e. The van der Waals surface area contributed by atoms with E-state index in [-0.39, 0.29) is 18.4 Å². The van der Waals surface area contributed by atoms with Crippen LogP contribution in [0, 0.1) is 6.92 Å². The molecule has 0 bridgehead atoms. The van der Waals surface area contributed by atoms with E-state index in [1.807, 2.05) is 49.4 Å². The molecule has 3 aromatic rings. The van der Waals surface area contributed by atoms with Gasteiger partial charge in [0.25, 0.3) is 5.91 Å². The minimum Gasteiger partial charge on any atom is -0.482 e. The number of halogens is 1. The minimum absolute atomic E-state index is 0.0292. The van der Waals surface area contributed by atoms with Gasteiger partial charge in [0.15, 0.2) is 6.61 Å². The van der Waals surface area contributed by atoms with Crippen molar-refractivity contribution in [2.75, 3.05) is 16.8 Å². The second kappa shape index (κ2) is 9.06. The predicted molar refractivity (Wildman–Crippen MR) is 123 cm³/mol. The van der Waals surface area contributed by atoms with Crippen molar-refractivity contribution in [1.29, 1.82) is 0 Å². The van der Waals surface area contributed by atoms with E-state index in [0.717, 1.165) is 16.7 Å². The predicted octanol–water partition coefficient (Wildman–Crippen LogP) is 5.23. The van der Waals surface area contributed by atoms with Gasteiger partial charge in [-0.25, -0.2) is 0 Å². The van der Waals surface area contributed by atoms with E-state index in [1.165, 1.54) is 6.08 Å². The lowest BCUT2D eigenvalue weighted by molar-refractivity contribution is -0.121. The summed E-state index contributed by atoms with van der Waals surface area (Å²) in [7, 11) is 0. The van der Waals surface area contributed by atoms with Gasteiger partial charge in [-0.2, -0.15) is 0 Å². The topological polar surface area (TPSA) is 58.6 Å². The zero-order valence-electron chi connectivity index (χ0n) is 17.0. The minimum atomic E-state index is -0.259. The highest BCUT2D eigenvalue weighted by Gasteiger charge is 2.26. The first kappa shape index (κ1) is 20.7. The molecule has 2 amide bonds. The van der Waals surface area contributed by atoms with Crippen LogP contribution in [-0.2, 0) is 16.1 Å². The summed E-state index contributed by atoms with van der Waals surface area (Å²) in [4.78, 5) is 26.5. The molecular weight excluding hydrogens is 412 g/mol. The molecule has 31 heavy (non-hydrogen) atoms. The Labute approximate surface area is 185 Å². The van der Waals surface area contributed by atoms with Gasteiger partial charge in [-0.1, -0.05) is 53.6 Å². The third kappa shape index (κ3) is 5.13. The third-order valence-corrected chi connectivity index (χ3v) is 5.14. The van der Waals surface area contributed by atoms with Crippen LogP contribution in [0.5, 0.6) is 5.75 Å². The lowest BCUT2D eigenvalue weighted by atomic mass is 10.1. The van der Waals surface area contributed by atoms with Crippen molar-refractivity contribution in [2.45, 2.75) is 13.5 Å². The van der Waals surface area contributed by atoms with Gasteiger partial charge in [0, 0.05) is 16.8 Å². The van der Waals surface area contributed by atoms with Gasteiger partial charge in [0.2, 0.25) is 5.91 Å². The van der Waals surface area contributed by atoms with E-state index in [9.17, 15) is 9.59 Å². The normalized spacial score (nSPS) is 13.1. The van der Waals surface area contributed by atoms with Crippen molar-refractivity contribution < 1.29 is 14.3 Å². The van der Waals surface area contributed by atoms with Gasteiger partial charge < -0.3 is 15.0 Å². The molecule has 3 aromatic carbocycles. The van der Waals surface area contributed by atoms with E-state index in [0.29, 0.717) is 28.7 Å². The summed E-state index contributed by atoms with van der Waals surface area (Å²) in [6, 6.07) is 20.5. The van der Waals surface area contributed by atoms with Crippen molar-refractivity contribution in [3.05, 3.63) is 94.5 Å². The monoisotopic (exact) mass is 432 g/mol. The average molecular weight is 433 g/mol. The van der Waals surface area contributed by atoms with Gasteiger partial charge in [-0.15, -0.1) is 0 Å². The van der Waals surface area contributed by atoms with Crippen molar-refractivity contribution in [2.24, 2.45) is 0 Å². The van der Waals surface area contributed by atoms with Gasteiger partial charge in [0.05, 0.1) is 12.2 Å². The molecule has 0 aliphatic carbocycles. The highest BCUT2D eigenvalue weighted by molar-refractivity contribution is 6.30. The Hall–Kier alpha value is -3.57. The van der Waals surface area contributed by atoms with Crippen LogP contribution >= 0.6 is 11.6 Å². The molecule has 5 nitrogen and oxygen atoms in total. The number of carbonyl (C=O) groups excluding carboxylic acids is 2. The Bertz CT molecular complexity index is 1160. The fourth-order valence-electron chi connectivity index (χ4n) is 3.30. The fraction of sp³-hybridized carbons (Fsp3) is 0.120. The van der Waals surface area contributed by atoms with Crippen molar-refractivity contribution in [1.82, 2.24) is 0 Å². The molecule has 1 N–H and O–H groups in total. The Morgan fingerprint density at radius 2 is 1.94 bits per heavy atom. The molecule has 1 aliphatic rings. The number of aryl methyl sites for hydroxylation is 1. The zero-order valence-corrected chi connectivity index (χ0v) is 17.7. The molecular formula is C25H21ClN2O3. The maximum atomic E-state index is 12.5. The summed E-state index contributed by atoms with van der Waals surface area (Å²) in [5.41, 5.74) is 4.19. The first-order valence-corrected chi connectivity index (χ1v) is 10.2. The Kier molecular flexibility index (Phi) is 6.05. The van der Waals surface area contributed by atoms with Gasteiger partial charge in [-0.05, 0) is 54.5 Å². The lowest BCUT2D eigenvalue weighted by Crippen LogP contribution is -2.38. The number of anilines is 2. The quantitative estimate of drug-likeness (QED) is 0.562. The molecule has 1 aliphatic heterocycles. The number of ether oxygens (including phenoxy) is 1. The van der Waals surface area contributed by atoms with Crippen LogP contribution < -0.4 is 15.0 Å². The molecule has 0 atom stereocenters. The molecule has 0 spiro atoms. The molecule has 0 saturated carbocycles. The summed E-state index contributed by atoms with van der Waals surface area (Å²) >= 11 is 6.08. The number of rotatable bonds is 5. The average Bonchev–Trinajstić information content (AvgIpc) is 2.75. The van der Waals surface area contributed by atoms with E-state index in [4.69, 9.17) is 16.3 Å². The van der Waals surface area contributed by atoms with Crippen LogP contribution in [0.1, 0.15) is 16.7 Å². The summed E-state index contributed by atoms with van der Waals surface area (Å²) in [6.45, 7) is 2.35. The first-order chi connectivity index (χ1) is 15.0. The highest BCUT2D eigenvalue weighted by atomic mass is 35.5. The smallest absolute Gasteiger partial charge is 0.265 e. The van der Waals surface area contributed by atoms with Crippen molar-refractivity contribution >= 4 is 40.9 Å². The molecule has 0 aromatic heterocycles. The van der Waals surface area contributed by atoms with E-state index in [1.54, 1.807) is 35.2 Å². The maximum absolute atomic E-state index is 12.5. The highest BCUT2D eigenvalue weighted by Crippen LogP contribution is 2.35. The van der Waals surface area contributed by atoms with E-state index >= 15 is 0 Å². The number of carbonyl (C=O) groups is 2. The fourth-order valence-corrected chi connectivity index (χ4v) is 3.52. The van der Waals surface area contributed by atoms with Gasteiger partial charge in [-0.3, -0.25) is 9.59 Å². The summed E-state index contributed by atoms with van der Waals surface area (Å²) in [6.07, 6.45) is 3.24. The lowest BCUT2D eigenvalue weighted by Gasteiger charge is -2.30. The first-order valence-electron chi connectivity index (χ1n) is 9.85. The van der Waals surface area contributed by atoms with Gasteiger partial charge in [0.1, 0.15) is 5.75 Å². The van der Waals surface area contributed by atoms with Crippen LogP contribution in [0.2, 0.25) is 5.02 Å². The number of nitrogens with one attached hydrogen (secondary N) is 1. The maximum Gasteiger partial charge on any atom is 0.265 e. The van der Waals surface area contributed by atoms with Gasteiger partial charge >= 0.3 is 0 Å². The number of hydrogen-bond acceptors (Lipinski definition) is 3. The summed E-state index contributed by atoms with van der Waals surface area (Å²) < 4.78 is 5.56. The van der Waals surface area contributed by atoms with Crippen LogP contribution in [0.3, 0.4) is 0 Å². The molecule has 0 radical (unpaired) electrons. The summed E-state index contributed by atoms with van der Waals surface area (Å²) in [5, 5.41) is 3.45. The zero-order chi connectivity index (χ0) is 21.8. The van der Waals surface area contributed by atoms with Crippen LogP contribution in [0.15, 0.2) is 72.8 Å². The number of fused-ring (bicyclic) bond motifs is 1. The third-order valence-electron chi connectivity index (χ3n) is 4.90. The van der Waals surface area contributed by atoms with Crippen molar-refractivity contribution in [3.8, 4) is 5.75 Å². The molecule has 1 heterocycles. The Morgan fingerprint density at radius 3 is 2.71 bits per heavy atom. The number of benzene rings is 3. The standard InChI is InChI=1S/C25H21ClN2O3/c1-17-5-7-18(8-6-17)9-12-24(29)27-21-10-11-23-22(14-21)28(25(30)16-31-23)15-19-3-2-4-20(26)13-19/h2-14H,15-16H2,1H3,(H,27,29)/b12-9+. The Balaban J connectivity index is 1.52. The summed E-state index contributed by atoms with van der Waals surface area (Å²) in [5.74, 6) is 0.176. The molecule has 0 fully saturated rings. The second-order valence-corrected chi connectivity index (χ2v) is 7.75. The Morgan fingerprint density at radius 1 is 1.13 bits per heavy atom. The van der Waals surface area contributed by atoms with E-state index < -0.39 is 0 Å². The molecule has 0 saturated heterocycles. The molecule has 4 rings (SSSR count). The number of nitrogens with zero attached hydrogens (tertiary/aromatic N) is 1. The molecule has 156 valence electrons. The van der Waals surface area contributed by atoms with Crippen LogP contribution in [0.4, 0.5) is 11.4 Å². The number of hydrogen-bond donors (Lipinski definition) is 1. The molecule has 6 heteroatoms. The van der Waals surface area contributed by atoms with Crippen molar-refractivity contribution in [3.63, 3.8) is 0 Å². The SMILES string of the molecule is Cc1ccc(/C=C/C(=O)Nc2ccc3c(c2)N(Cc2cccc(Cl)c2)C(=O)CO3)cc1. The van der Waals surface area contributed by atoms with E-state index in [2.05, 4.69) is 5.32 Å². The van der Waals surface area contributed by atoms with Crippen LogP contribution in [0.25, 0.3) is 6.08 Å². The second-order valence-electron chi connectivity index (χ2n) is 7.31.